The highest BCUT2D eigenvalue weighted by atomic mass is 16.6. The van der Waals surface area contributed by atoms with Gasteiger partial charge in [-0.1, -0.05) is 23.8 Å². The van der Waals surface area contributed by atoms with Crippen LogP contribution in [0.1, 0.15) is 29.2 Å². The van der Waals surface area contributed by atoms with Gasteiger partial charge in [0, 0.05) is 12.1 Å². The van der Waals surface area contributed by atoms with Gasteiger partial charge in [-0.3, -0.25) is 10.1 Å². The molecular formula is C18H22N2O3. The summed E-state index contributed by atoms with van der Waals surface area (Å²) in [6, 6.07) is 11.0. The van der Waals surface area contributed by atoms with Crippen LogP contribution in [0.5, 0.6) is 0 Å². The van der Waals surface area contributed by atoms with E-state index >= 15 is 0 Å². The molecule has 0 heterocycles. The average molecular weight is 314 g/mol. The van der Waals surface area contributed by atoms with Crippen molar-refractivity contribution in [1.82, 2.24) is 0 Å². The van der Waals surface area contributed by atoms with E-state index in [1.54, 1.807) is 12.1 Å². The Morgan fingerprint density at radius 2 is 1.96 bits per heavy atom. The van der Waals surface area contributed by atoms with E-state index in [-0.39, 0.29) is 18.3 Å². The van der Waals surface area contributed by atoms with Crippen molar-refractivity contribution in [3.05, 3.63) is 68.8 Å². The summed E-state index contributed by atoms with van der Waals surface area (Å²) in [6.07, 6.45) is 0.770. The van der Waals surface area contributed by atoms with Crippen LogP contribution in [-0.4, -0.2) is 16.1 Å². The minimum Gasteiger partial charge on any atom is -0.392 e. The van der Waals surface area contributed by atoms with Crippen molar-refractivity contribution in [3.8, 4) is 0 Å². The minimum absolute atomic E-state index is 0.0229. The van der Waals surface area contributed by atoms with Crippen LogP contribution in [0.2, 0.25) is 0 Å². The van der Waals surface area contributed by atoms with Gasteiger partial charge >= 0.3 is 0 Å². The van der Waals surface area contributed by atoms with E-state index in [9.17, 15) is 15.2 Å². The molecule has 0 aliphatic rings. The number of nitrogens with zero attached hydrogens (tertiary/aromatic N) is 1. The molecule has 0 saturated carbocycles. The first-order chi connectivity index (χ1) is 10.9. The Bertz CT molecular complexity index is 713. The number of anilines is 1. The molecule has 0 amide bonds. The largest absolute Gasteiger partial charge is 0.392 e. The zero-order valence-corrected chi connectivity index (χ0v) is 13.7. The topological polar surface area (TPSA) is 75.4 Å². The number of nitro benzene ring substituents is 1. The number of benzene rings is 2. The summed E-state index contributed by atoms with van der Waals surface area (Å²) >= 11 is 0. The fourth-order valence-corrected chi connectivity index (χ4v) is 2.68. The van der Waals surface area contributed by atoms with Gasteiger partial charge in [-0.05, 0) is 56.0 Å². The number of hydrogen-bond acceptors (Lipinski definition) is 4. The second-order valence-corrected chi connectivity index (χ2v) is 5.95. The number of aryl methyl sites for hydroxylation is 2. The normalized spacial score (nSPS) is 12.0. The molecule has 23 heavy (non-hydrogen) atoms. The SMILES string of the molecule is Cc1ccc(CC(C)Nc2cc(CO)ccc2[N+](=O)[O-])c(C)c1. The van der Waals surface area contributed by atoms with Crippen molar-refractivity contribution in [1.29, 1.82) is 0 Å². The molecule has 0 fully saturated rings. The Morgan fingerprint density at radius 3 is 2.57 bits per heavy atom. The molecule has 0 saturated heterocycles. The van der Waals surface area contributed by atoms with Crippen molar-refractivity contribution in [2.24, 2.45) is 0 Å². The molecule has 0 spiro atoms. The maximum absolute atomic E-state index is 11.2. The summed E-state index contributed by atoms with van der Waals surface area (Å²) in [4.78, 5) is 10.7. The van der Waals surface area contributed by atoms with E-state index in [4.69, 9.17) is 0 Å². The predicted octanol–water partition coefficient (Wildman–Crippen LogP) is 3.75. The van der Waals surface area contributed by atoms with Crippen molar-refractivity contribution in [3.63, 3.8) is 0 Å². The van der Waals surface area contributed by atoms with Gasteiger partial charge in [0.05, 0.1) is 11.5 Å². The first kappa shape index (κ1) is 17.0. The minimum atomic E-state index is -0.409. The summed E-state index contributed by atoms with van der Waals surface area (Å²) < 4.78 is 0. The van der Waals surface area contributed by atoms with Gasteiger partial charge in [0.2, 0.25) is 0 Å². The molecule has 1 atom stereocenters. The highest BCUT2D eigenvalue weighted by Crippen LogP contribution is 2.27. The number of aliphatic hydroxyl groups is 1. The highest BCUT2D eigenvalue weighted by molar-refractivity contribution is 5.63. The fraction of sp³-hybridized carbons (Fsp3) is 0.333. The molecule has 0 aromatic heterocycles. The van der Waals surface area contributed by atoms with E-state index in [0.717, 1.165) is 6.42 Å². The van der Waals surface area contributed by atoms with Crippen LogP contribution < -0.4 is 5.32 Å². The summed E-state index contributed by atoms with van der Waals surface area (Å²) in [5.74, 6) is 0. The standard InChI is InChI=1S/C18H22N2O3/c1-12-4-6-16(13(2)8-12)9-14(3)19-17-10-15(11-21)5-7-18(17)20(22)23/h4-8,10,14,19,21H,9,11H2,1-3H3. The molecule has 0 radical (unpaired) electrons. The predicted molar refractivity (Wildman–Crippen MR) is 91.7 cm³/mol. The van der Waals surface area contributed by atoms with Gasteiger partial charge < -0.3 is 10.4 Å². The Kier molecular flexibility index (Phi) is 5.34. The Labute approximate surface area is 136 Å². The van der Waals surface area contributed by atoms with Crippen molar-refractivity contribution in [2.75, 3.05) is 5.32 Å². The van der Waals surface area contributed by atoms with Crippen molar-refractivity contribution >= 4 is 11.4 Å². The number of aliphatic hydroxyl groups excluding tert-OH is 1. The molecule has 122 valence electrons. The number of nitro groups is 1. The molecule has 5 heteroatoms. The number of rotatable bonds is 6. The lowest BCUT2D eigenvalue weighted by Crippen LogP contribution is -2.19. The maximum Gasteiger partial charge on any atom is 0.292 e. The number of nitrogens with one attached hydrogen (secondary N) is 1. The van der Waals surface area contributed by atoms with Gasteiger partial charge in [0.15, 0.2) is 0 Å². The second-order valence-electron chi connectivity index (χ2n) is 5.95. The zero-order valence-electron chi connectivity index (χ0n) is 13.7. The van der Waals surface area contributed by atoms with E-state index in [1.165, 1.54) is 22.8 Å². The fourth-order valence-electron chi connectivity index (χ4n) is 2.68. The monoisotopic (exact) mass is 314 g/mol. The molecule has 2 N–H and O–H groups in total. The van der Waals surface area contributed by atoms with E-state index in [1.807, 2.05) is 6.92 Å². The maximum atomic E-state index is 11.2. The molecule has 5 nitrogen and oxygen atoms in total. The van der Waals surface area contributed by atoms with Crippen LogP contribution in [0.25, 0.3) is 0 Å². The lowest BCUT2D eigenvalue weighted by Gasteiger charge is -2.17. The lowest BCUT2D eigenvalue weighted by atomic mass is 9.99. The molecule has 1 unspecified atom stereocenters. The van der Waals surface area contributed by atoms with Gasteiger partial charge in [-0.15, -0.1) is 0 Å². The Morgan fingerprint density at radius 1 is 1.22 bits per heavy atom. The average Bonchev–Trinajstić information content (AvgIpc) is 2.49. The third-order valence-electron chi connectivity index (χ3n) is 3.87. The van der Waals surface area contributed by atoms with Crippen molar-refractivity contribution < 1.29 is 10.0 Å². The number of hydrogen-bond donors (Lipinski definition) is 2. The Hall–Kier alpha value is -2.40. The Balaban J connectivity index is 2.19. The van der Waals surface area contributed by atoms with Crippen LogP contribution in [0.4, 0.5) is 11.4 Å². The molecule has 0 aliphatic carbocycles. The third kappa shape index (κ3) is 4.29. The highest BCUT2D eigenvalue weighted by Gasteiger charge is 2.16. The van der Waals surface area contributed by atoms with Crippen molar-refractivity contribution in [2.45, 2.75) is 39.8 Å². The summed E-state index contributed by atoms with van der Waals surface area (Å²) in [7, 11) is 0. The van der Waals surface area contributed by atoms with Gasteiger partial charge in [0.25, 0.3) is 5.69 Å². The molecule has 2 aromatic rings. The van der Waals surface area contributed by atoms with Crippen LogP contribution >= 0.6 is 0 Å². The molecule has 2 aromatic carbocycles. The van der Waals surface area contributed by atoms with E-state index < -0.39 is 4.92 Å². The molecular weight excluding hydrogens is 292 g/mol. The first-order valence-corrected chi connectivity index (χ1v) is 7.61. The van der Waals surface area contributed by atoms with Gasteiger partial charge in [0.1, 0.15) is 5.69 Å². The first-order valence-electron chi connectivity index (χ1n) is 7.61. The lowest BCUT2D eigenvalue weighted by molar-refractivity contribution is -0.384. The molecule has 2 rings (SSSR count). The van der Waals surface area contributed by atoms with Gasteiger partial charge in [-0.25, -0.2) is 0 Å². The summed E-state index contributed by atoms with van der Waals surface area (Å²) in [5, 5.41) is 23.6. The third-order valence-corrected chi connectivity index (χ3v) is 3.87. The van der Waals surface area contributed by atoms with Crippen LogP contribution in [0.3, 0.4) is 0 Å². The van der Waals surface area contributed by atoms with E-state index in [2.05, 4.69) is 37.4 Å². The quantitative estimate of drug-likeness (QED) is 0.629. The smallest absolute Gasteiger partial charge is 0.292 e. The van der Waals surface area contributed by atoms with E-state index in [0.29, 0.717) is 11.3 Å². The van der Waals surface area contributed by atoms with Gasteiger partial charge in [-0.2, -0.15) is 0 Å². The van der Waals surface area contributed by atoms with Crippen LogP contribution in [0.15, 0.2) is 36.4 Å². The zero-order chi connectivity index (χ0) is 17.0. The molecule has 0 aliphatic heterocycles. The summed E-state index contributed by atoms with van der Waals surface area (Å²) in [5.41, 5.74) is 4.78. The molecule has 0 bridgehead atoms. The van der Waals surface area contributed by atoms with Crippen LogP contribution in [0, 0.1) is 24.0 Å². The summed E-state index contributed by atoms with van der Waals surface area (Å²) in [6.45, 7) is 5.98. The second kappa shape index (κ2) is 7.24. The van der Waals surface area contributed by atoms with Crippen LogP contribution in [-0.2, 0) is 13.0 Å².